The minimum Gasteiger partial charge on any atom is -0.379 e. The van der Waals surface area contributed by atoms with E-state index >= 15 is 0 Å². The van der Waals surface area contributed by atoms with Crippen molar-refractivity contribution in [2.75, 3.05) is 26.3 Å². The Hall–Kier alpha value is -2.03. The van der Waals surface area contributed by atoms with Gasteiger partial charge in [-0.15, -0.1) is 5.10 Å². The van der Waals surface area contributed by atoms with Crippen molar-refractivity contribution in [2.24, 2.45) is 0 Å². The lowest BCUT2D eigenvalue weighted by Crippen LogP contribution is -2.37. The first-order valence-electron chi connectivity index (χ1n) is 9.62. The summed E-state index contributed by atoms with van der Waals surface area (Å²) in [5.41, 5.74) is 0.829. The third-order valence-corrected chi connectivity index (χ3v) is 5.50. The molecule has 1 aliphatic heterocycles. The van der Waals surface area contributed by atoms with E-state index in [1.807, 2.05) is 33.3 Å². The third kappa shape index (κ3) is 3.44. The summed E-state index contributed by atoms with van der Waals surface area (Å²) in [7, 11) is 0. The molecule has 1 aliphatic rings. The molecule has 0 bridgehead atoms. The third-order valence-electron chi connectivity index (χ3n) is 5.11. The van der Waals surface area contributed by atoms with Crippen molar-refractivity contribution in [3.05, 3.63) is 39.4 Å². The Kier molecular flexibility index (Phi) is 5.38. The maximum atomic E-state index is 13.1. The molecule has 0 amide bonds. The van der Waals surface area contributed by atoms with Gasteiger partial charge in [0.2, 0.25) is 10.5 Å². The number of hydrogen-bond acceptors (Lipinski definition) is 5. The molecule has 4 rings (SSSR count). The first-order chi connectivity index (χ1) is 13.2. The molecule has 0 radical (unpaired) electrons. The fraction of sp³-hybridized carbons (Fsp3) is 0.526. The van der Waals surface area contributed by atoms with Crippen LogP contribution >= 0.6 is 12.2 Å². The van der Waals surface area contributed by atoms with Gasteiger partial charge in [-0.2, -0.15) is 0 Å². The molecular weight excluding hydrogens is 362 g/mol. The standard InChI is InChI=1S/C19H25N5O2S/c1-2-3-6-9-22-17(25)15-7-4-5-8-16(15)24-18(22)20-23(19(24)27)14-21-10-12-26-13-11-21/h4-5,7-8H,2-3,6,9-14H2,1H3. The number of ether oxygens (including phenoxy) is 1. The molecule has 3 aromatic rings. The molecule has 8 heteroatoms. The van der Waals surface area contributed by atoms with Gasteiger partial charge < -0.3 is 4.74 Å². The summed E-state index contributed by atoms with van der Waals surface area (Å²) in [6, 6.07) is 7.64. The van der Waals surface area contributed by atoms with E-state index in [-0.39, 0.29) is 5.56 Å². The van der Waals surface area contributed by atoms with Crippen molar-refractivity contribution in [2.45, 2.75) is 39.4 Å². The van der Waals surface area contributed by atoms with E-state index in [0.29, 0.717) is 29.1 Å². The van der Waals surface area contributed by atoms with Gasteiger partial charge in [0, 0.05) is 19.6 Å². The summed E-state index contributed by atoms with van der Waals surface area (Å²) in [4.78, 5) is 15.4. The fourth-order valence-electron chi connectivity index (χ4n) is 3.61. The summed E-state index contributed by atoms with van der Waals surface area (Å²) in [6.45, 7) is 6.60. The molecule has 0 unspecified atom stereocenters. The maximum absolute atomic E-state index is 13.1. The van der Waals surface area contributed by atoms with E-state index in [0.717, 1.165) is 51.1 Å². The summed E-state index contributed by atoms with van der Waals surface area (Å²) >= 11 is 5.75. The van der Waals surface area contributed by atoms with E-state index in [1.54, 1.807) is 4.57 Å². The molecule has 3 heterocycles. The predicted octanol–water partition coefficient (Wildman–Crippen LogP) is 2.66. The molecule has 0 aliphatic carbocycles. The van der Waals surface area contributed by atoms with Gasteiger partial charge in [-0.25, -0.2) is 4.68 Å². The van der Waals surface area contributed by atoms with Gasteiger partial charge >= 0.3 is 0 Å². The zero-order chi connectivity index (χ0) is 18.8. The second-order valence-electron chi connectivity index (χ2n) is 6.97. The van der Waals surface area contributed by atoms with E-state index < -0.39 is 0 Å². The zero-order valence-corrected chi connectivity index (χ0v) is 16.5. The molecule has 0 atom stereocenters. The molecule has 27 heavy (non-hydrogen) atoms. The zero-order valence-electron chi connectivity index (χ0n) is 15.6. The van der Waals surface area contributed by atoms with Gasteiger partial charge in [-0.05, 0) is 30.8 Å². The SMILES string of the molecule is CCCCCn1c(=O)c2ccccc2n2c(=S)n(CN3CCOCC3)nc12. The smallest absolute Gasteiger partial charge is 0.262 e. The van der Waals surface area contributed by atoms with Gasteiger partial charge in [0.05, 0.1) is 30.8 Å². The van der Waals surface area contributed by atoms with Crippen LogP contribution in [0.1, 0.15) is 26.2 Å². The maximum Gasteiger partial charge on any atom is 0.262 e. The number of rotatable bonds is 6. The van der Waals surface area contributed by atoms with E-state index in [4.69, 9.17) is 22.1 Å². The second kappa shape index (κ2) is 7.92. The summed E-state index contributed by atoms with van der Waals surface area (Å²) in [5.74, 6) is 0.632. The molecule has 0 N–H and O–H groups in total. The highest BCUT2D eigenvalue weighted by Crippen LogP contribution is 2.15. The quantitative estimate of drug-likeness (QED) is 0.481. The highest BCUT2D eigenvalue weighted by Gasteiger charge is 2.17. The number of fused-ring (bicyclic) bond motifs is 3. The van der Waals surface area contributed by atoms with Crippen LogP contribution in [0.2, 0.25) is 0 Å². The number of para-hydroxylation sites is 1. The van der Waals surface area contributed by atoms with Gasteiger partial charge in [-0.3, -0.25) is 18.7 Å². The van der Waals surface area contributed by atoms with Crippen molar-refractivity contribution in [3.63, 3.8) is 0 Å². The van der Waals surface area contributed by atoms with Gasteiger partial charge in [-0.1, -0.05) is 31.9 Å². The Labute approximate surface area is 162 Å². The van der Waals surface area contributed by atoms with Crippen LogP contribution in [0, 0.1) is 4.77 Å². The first-order valence-corrected chi connectivity index (χ1v) is 10.0. The number of aryl methyl sites for hydroxylation is 1. The molecule has 7 nitrogen and oxygen atoms in total. The number of unbranched alkanes of at least 4 members (excludes halogenated alkanes) is 2. The molecule has 144 valence electrons. The molecule has 1 saturated heterocycles. The van der Waals surface area contributed by atoms with E-state index in [9.17, 15) is 4.79 Å². The largest absolute Gasteiger partial charge is 0.379 e. The van der Waals surface area contributed by atoms with Crippen LogP contribution in [-0.2, 0) is 18.0 Å². The fourth-order valence-corrected chi connectivity index (χ4v) is 3.89. The van der Waals surface area contributed by atoms with Crippen LogP contribution in [0.15, 0.2) is 29.1 Å². The normalized spacial score (nSPS) is 15.7. The Bertz CT molecular complexity index is 1060. The van der Waals surface area contributed by atoms with Gasteiger partial charge in [0.1, 0.15) is 0 Å². The summed E-state index contributed by atoms with van der Waals surface area (Å²) < 4.78 is 11.6. The van der Waals surface area contributed by atoms with Gasteiger partial charge in [0.25, 0.3) is 5.56 Å². The van der Waals surface area contributed by atoms with E-state index in [2.05, 4.69) is 11.8 Å². The van der Waals surface area contributed by atoms with Crippen molar-refractivity contribution in [1.29, 1.82) is 0 Å². The van der Waals surface area contributed by atoms with Crippen LogP contribution in [0.5, 0.6) is 0 Å². The number of nitrogens with zero attached hydrogens (tertiary/aromatic N) is 5. The van der Waals surface area contributed by atoms with E-state index in [1.165, 1.54) is 0 Å². The van der Waals surface area contributed by atoms with Crippen LogP contribution < -0.4 is 5.56 Å². The van der Waals surface area contributed by atoms with Crippen molar-refractivity contribution in [3.8, 4) is 0 Å². The van der Waals surface area contributed by atoms with Crippen LogP contribution in [0.3, 0.4) is 0 Å². The number of hydrogen-bond donors (Lipinski definition) is 0. The highest BCUT2D eigenvalue weighted by atomic mass is 32.1. The Morgan fingerprint density at radius 3 is 2.74 bits per heavy atom. The molecule has 0 spiro atoms. The van der Waals surface area contributed by atoms with Gasteiger partial charge in [0.15, 0.2) is 0 Å². The minimum absolute atomic E-state index is 0.00715. The molecule has 1 fully saturated rings. The van der Waals surface area contributed by atoms with Crippen molar-refractivity contribution >= 4 is 28.9 Å². The molecule has 0 saturated carbocycles. The average molecular weight is 388 g/mol. The second-order valence-corrected chi connectivity index (χ2v) is 7.34. The molecule has 1 aromatic carbocycles. The molecule has 2 aromatic heterocycles. The predicted molar refractivity (Wildman–Crippen MR) is 108 cm³/mol. The topological polar surface area (TPSA) is 56.7 Å². The number of aromatic nitrogens is 4. The Morgan fingerprint density at radius 2 is 1.96 bits per heavy atom. The Morgan fingerprint density at radius 1 is 1.19 bits per heavy atom. The number of morpholine rings is 1. The first kappa shape index (κ1) is 18.3. The highest BCUT2D eigenvalue weighted by molar-refractivity contribution is 7.71. The van der Waals surface area contributed by atoms with Crippen LogP contribution in [0.4, 0.5) is 0 Å². The van der Waals surface area contributed by atoms with Crippen molar-refractivity contribution in [1.82, 2.24) is 23.6 Å². The Balaban J connectivity index is 1.87. The lowest BCUT2D eigenvalue weighted by molar-refractivity contribution is 0.0210. The summed E-state index contributed by atoms with van der Waals surface area (Å²) in [5, 5.41) is 5.44. The van der Waals surface area contributed by atoms with Crippen LogP contribution in [0.25, 0.3) is 16.7 Å². The summed E-state index contributed by atoms with van der Waals surface area (Å²) in [6.07, 6.45) is 3.14. The average Bonchev–Trinajstić information content (AvgIpc) is 3.01. The van der Waals surface area contributed by atoms with Crippen molar-refractivity contribution < 1.29 is 4.74 Å². The monoisotopic (exact) mass is 387 g/mol. The molecular formula is C19H25N5O2S. The minimum atomic E-state index is 0.00715. The number of benzene rings is 1. The lowest BCUT2D eigenvalue weighted by atomic mass is 10.2. The van der Waals surface area contributed by atoms with Crippen LogP contribution in [-0.4, -0.2) is 50.0 Å². The lowest BCUT2D eigenvalue weighted by Gasteiger charge is -2.25.